The highest BCUT2D eigenvalue weighted by Crippen LogP contribution is 2.57. The Balaban J connectivity index is 1.79. The van der Waals surface area contributed by atoms with Gasteiger partial charge in [0.2, 0.25) is 0 Å². The van der Waals surface area contributed by atoms with Crippen molar-refractivity contribution in [2.24, 2.45) is 0 Å². The summed E-state index contributed by atoms with van der Waals surface area (Å²) in [4.78, 5) is 28.5. The van der Waals surface area contributed by atoms with E-state index in [1.165, 1.54) is 0 Å². The van der Waals surface area contributed by atoms with Gasteiger partial charge >= 0.3 is 11.9 Å². The van der Waals surface area contributed by atoms with E-state index >= 15 is 0 Å². The molecule has 6 rings (SSSR count). The fraction of sp³-hybridized carbons (Fsp3) is 0.211. The molecule has 1 aliphatic carbocycles. The van der Waals surface area contributed by atoms with Crippen molar-refractivity contribution in [1.82, 2.24) is 0 Å². The monoisotopic (exact) mass is 554 g/mol. The first-order valence-corrected chi connectivity index (χ1v) is 14.9. The molecule has 5 aromatic rings. The molecule has 4 heteroatoms. The molecule has 0 N–H and O–H groups in total. The van der Waals surface area contributed by atoms with Crippen LogP contribution in [0, 0.1) is 0 Å². The minimum atomic E-state index is -0.507. The summed E-state index contributed by atoms with van der Waals surface area (Å²) in [5.74, 6) is -1.01. The molecule has 210 valence electrons. The summed E-state index contributed by atoms with van der Waals surface area (Å²) in [7, 11) is 0. The molecule has 5 aromatic carbocycles. The van der Waals surface area contributed by atoms with Crippen LogP contribution in [0.15, 0.2) is 97.1 Å². The quantitative estimate of drug-likeness (QED) is 0.125. The number of benzene rings is 5. The Morgan fingerprint density at radius 2 is 0.952 bits per heavy atom. The van der Waals surface area contributed by atoms with Crippen LogP contribution in [0.25, 0.3) is 55.3 Å². The number of carbonyl (C=O) groups excluding carboxylic acids is 2. The normalized spacial score (nSPS) is 11.4. The van der Waals surface area contributed by atoms with Gasteiger partial charge in [-0.2, -0.15) is 0 Å². The van der Waals surface area contributed by atoms with Gasteiger partial charge in [0.1, 0.15) is 0 Å². The van der Waals surface area contributed by atoms with Gasteiger partial charge in [-0.25, -0.2) is 9.59 Å². The lowest BCUT2D eigenvalue weighted by atomic mass is 9.80. The number of rotatable bonds is 10. The topological polar surface area (TPSA) is 52.6 Å². The van der Waals surface area contributed by atoms with Crippen LogP contribution in [-0.2, 0) is 9.47 Å². The van der Waals surface area contributed by atoms with Crippen LogP contribution in [0.2, 0.25) is 0 Å². The average Bonchev–Trinajstić information content (AvgIpc) is 3.36. The fourth-order valence-corrected chi connectivity index (χ4v) is 6.00. The molecule has 1 aliphatic rings. The van der Waals surface area contributed by atoms with Crippen molar-refractivity contribution in [2.75, 3.05) is 13.2 Å². The van der Waals surface area contributed by atoms with Gasteiger partial charge in [0, 0.05) is 11.1 Å². The first-order chi connectivity index (χ1) is 20.7. The van der Waals surface area contributed by atoms with Crippen molar-refractivity contribution < 1.29 is 19.1 Å². The maximum atomic E-state index is 14.2. The largest absolute Gasteiger partial charge is 0.462 e. The Hall–Kier alpha value is -4.70. The lowest BCUT2D eigenvalue weighted by Crippen LogP contribution is -2.19. The van der Waals surface area contributed by atoms with Crippen molar-refractivity contribution in [3.8, 4) is 44.5 Å². The first kappa shape index (κ1) is 27.5. The number of ether oxygens (including phenoxy) is 2. The molecule has 0 bridgehead atoms. The molecule has 0 saturated carbocycles. The maximum absolute atomic E-state index is 14.2. The van der Waals surface area contributed by atoms with Crippen molar-refractivity contribution in [2.45, 2.75) is 39.5 Å². The lowest BCUT2D eigenvalue weighted by molar-refractivity contribution is 0.0454. The molecular formula is C38H34O4. The van der Waals surface area contributed by atoms with Crippen LogP contribution >= 0.6 is 0 Å². The maximum Gasteiger partial charge on any atom is 0.339 e. The summed E-state index contributed by atoms with van der Waals surface area (Å²) in [6.07, 6.45) is 3.26. The van der Waals surface area contributed by atoms with E-state index in [-0.39, 0.29) is 24.3 Å². The van der Waals surface area contributed by atoms with Crippen LogP contribution in [0.3, 0.4) is 0 Å². The number of esters is 2. The van der Waals surface area contributed by atoms with E-state index < -0.39 is 11.9 Å². The summed E-state index contributed by atoms with van der Waals surface area (Å²) < 4.78 is 11.8. The molecule has 0 spiro atoms. The first-order valence-electron chi connectivity index (χ1n) is 14.9. The van der Waals surface area contributed by atoms with Gasteiger partial charge in [-0.3, -0.25) is 0 Å². The van der Waals surface area contributed by atoms with Crippen molar-refractivity contribution >= 4 is 22.7 Å². The Morgan fingerprint density at radius 1 is 0.524 bits per heavy atom. The minimum absolute atomic E-state index is 0.265. The number of fused-ring (bicyclic) bond motifs is 3. The standard InChI is InChI=1S/C38H34O4/c1-3-5-23-41-37(39)35-31(26-15-9-7-10-16-26)33-28-21-13-19-25-20-14-22-29(30(25)28)34(33)32(27-17-11-8-12-18-27)36(35)38(40)42-24-6-4-2/h7-22H,3-6,23-24H2,1-2H3. The molecule has 0 amide bonds. The molecule has 42 heavy (non-hydrogen) atoms. The second kappa shape index (κ2) is 12.0. The predicted octanol–water partition coefficient (Wildman–Crippen LogP) is 9.73. The SMILES string of the molecule is CCCCOC(=O)c1c(C(=O)OCCCC)c(-c2ccccc2)c2c(c1-c1ccccc1)-c1cccc3cccc-2c13. The van der Waals surface area contributed by atoms with Crippen molar-refractivity contribution in [1.29, 1.82) is 0 Å². The minimum Gasteiger partial charge on any atom is -0.462 e. The van der Waals surface area contributed by atoms with Gasteiger partial charge in [0.15, 0.2) is 0 Å². The van der Waals surface area contributed by atoms with Gasteiger partial charge in [0.05, 0.1) is 24.3 Å². The van der Waals surface area contributed by atoms with Crippen LogP contribution in [0.5, 0.6) is 0 Å². The van der Waals surface area contributed by atoms with E-state index in [1.807, 2.05) is 60.7 Å². The molecule has 0 atom stereocenters. The number of hydrogen-bond acceptors (Lipinski definition) is 4. The molecule has 0 unspecified atom stereocenters. The Bertz CT molecular complexity index is 1640. The summed E-state index contributed by atoms with van der Waals surface area (Å²) >= 11 is 0. The van der Waals surface area contributed by atoms with Gasteiger partial charge < -0.3 is 9.47 Å². The van der Waals surface area contributed by atoms with Crippen molar-refractivity contribution in [3.63, 3.8) is 0 Å². The van der Waals surface area contributed by atoms with E-state index in [0.717, 1.165) is 69.8 Å². The Kier molecular flexibility index (Phi) is 7.87. The summed E-state index contributed by atoms with van der Waals surface area (Å²) in [5, 5.41) is 2.23. The zero-order chi connectivity index (χ0) is 29.1. The van der Waals surface area contributed by atoms with E-state index in [2.05, 4.69) is 50.2 Å². The summed E-state index contributed by atoms with van der Waals surface area (Å²) in [5.41, 5.74) is 7.62. The number of carbonyl (C=O) groups is 2. The summed E-state index contributed by atoms with van der Waals surface area (Å²) in [6.45, 7) is 4.67. The number of hydrogen-bond donors (Lipinski definition) is 0. The smallest absolute Gasteiger partial charge is 0.339 e. The van der Waals surface area contributed by atoms with Crippen molar-refractivity contribution in [3.05, 3.63) is 108 Å². The highest BCUT2D eigenvalue weighted by atomic mass is 16.5. The Labute approximate surface area is 246 Å². The molecule has 0 aliphatic heterocycles. The highest BCUT2D eigenvalue weighted by molar-refractivity contribution is 6.27. The third-order valence-electron chi connectivity index (χ3n) is 7.94. The lowest BCUT2D eigenvalue weighted by Gasteiger charge is -2.24. The van der Waals surface area contributed by atoms with E-state index in [0.29, 0.717) is 11.1 Å². The third-order valence-corrected chi connectivity index (χ3v) is 7.94. The third kappa shape index (κ3) is 4.77. The second-order valence-corrected chi connectivity index (χ2v) is 10.7. The van der Waals surface area contributed by atoms with Gasteiger partial charge in [-0.05, 0) is 57.0 Å². The van der Waals surface area contributed by atoms with Crippen LogP contribution in [-0.4, -0.2) is 25.2 Å². The number of unbranched alkanes of at least 4 members (excludes halogenated alkanes) is 2. The highest BCUT2D eigenvalue weighted by Gasteiger charge is 2.37. The average molecular weight is 555 g/mol. The molecule has 0 saturated heterocycles. The zero-order valence-electron chi connectivity index (χ0n) is 24.1. The van der Waals surface area contributed by atoms with Crippen LogP contribution in [0.1, 0.15) is 60.2 Å². The van der Waals surface area contributed by atoms with E-state index in [1.54, 1.807) is 0 Å². The molecule has 0 heterocycles. The molecule has 4 nitrogen and oxygen atoms in total. The summed E-state index contributed by atoms with van der Waals surface area (Å²) in [6, 6.07) is 32.3. The van der Waals surface area contributed by atoms with Gasteiger partial charge in [-0.1, -0.05) is 124 Å². The predicted molar refractivity (Wildman–Crippen MR) is 170 cm³/mol. The fourth-order valence-electron chi connectivity index (χ4n) is 6.00. The van der Waals surface area contributed by atoms with Crippen LogP contribution in [0.4, 0.5) is 0 Å². The van der Waals surface area contributed by atoms with Crippen LogP contribution < -0.4 is 0 Å². The molecule has 0 aromatic heterocycles. The molecular weight excluding hydrogens is 520 g/mol. The zero-order valence-corrected chi connectivity index (χ0v) is 24.1. The second-order valence-electron chi connectivity index (χ2n) is 10.7. The van der Waals surface area contributed by atoms with Gasteiger partial charge in [0.25, 0.3) is 0 Å². The van der Waals surface area contributed by atoms with E-state index in [9.17, 15) is 9.59 Å². The van der Waals surface area contributed by atoms with Gasteiger partial charge in [-0.15, -0.1) is 0 Å². The molecule has 0 radical (unpaired) electrons. The Morgan fingerprint density at radius 3 is 1.36 bits per heavy atom. The molecule has 0 fully saturated rings. The van der Waals surface area contributed by atoms with E-state index in [4.69, 9.17) is 9.47 Å².